The maximum absolute atomic E-state index is 12.8. The van der Waals surface area contributed by atoms with Crippen LogP contribution in [0.2, 0.25) is 0 Å². The largest absolute Gasteiger partial charge is 0.496 e. The second-order valence-electron chi connectivity index (χ2n) is 8.61. The zero-order valence-electron chi connectivity index (χ0n) is 19.7. The van der Waals surface area contributed by atoms with Crippen molar-refractivity contribution in [2.75, 3.05) is 12.4 Å². The summed E-state index contributed by atoms with van der Waals surface area (Å²) in [6.45, 7) is 9.37. The molecule has 2 aromatic carbocycles. The number of hydrogen-bond donors (Lipinski definition) is 2. The molecule has 8 nitrogen and oxygen atoms in total. The summed E-state index contributed by atoms with van der Waals surface area (Å²) in [6, 6.07) is 11.9. The standard InChI is InChI=1S/C26H28N2O6/c1-6-7-19-21(32-5)13-10-17-14-20(24(30)33-22(17)19)23(29)28-18-11-8-16(9-12-18)15-27-25(31)34-26(2,3)4/h6,8-14H,1,7,15H2,2-5H3,(H,27,31)(H,28,29). The Bertz CT molecular complexity index is 1270. The van der Waals surface area contributed by atoms with Gasteiger partial charge in [-0.15, -0.1) is 6.58 Å². The number of ether oxygens (including phenoxy) is 2. The average molecular weight is 465 g/mol. The molecule has 0 saturated carbocycles. The highest BCUT2D eigenvalue weighted by Crippen LogP contribution is 2.28. The second-order valence-corrected chi connectivity index (χ2v) is 8.61. The number of nitrogens with one attached hydrogen (secondary N) is 2. The molecular weight excluding hydrogens is 436 g/mol. The van der Waals surface area contributed by atoms with E-state index < -0.39 is 23.2 Å². The van der Waals surface area contributed by atoms with Crippen molar-refractivity contribution < 1.29 is 23.5 Å². The van der Waals surface area contributed by atoms with E-state index in [0.717, 1.165) is 5.56 Å². The number of fused-ring (bicyclic) bond motifs is 1. The number of alkyl carbamates (subject to hydrolysis) is 1. The van der Waals surface area contributed by atoms with E-state index in [-0.39, 0.29) is 12.1 Å². The number of methoxy groups -OCH3 is 1. The number of benzene rings is 2. The molecule has 3 rings (SSSR count). The lowest BCUT2D eigenvalue weighted by molar-refractivity contribution is 0.0523. The quantitative estimate of drug-likeness (QED) is 0.384. The average Bonchev–Trinajstić information content (AvgIpc) is 2.77. The lowest BCUT2D eigenvalue weighted by atomic mass is 10.1. The second kappa shape index (κ2) is 10.2. The Labute approximate surface area is 197 Å². The van der Waals surface area contributed by atoms with E-state index in [2.05, 4.69) is 17.2 Å². The van der Waals surface area contributed by atoms with Crippen LogP contribution in [0.1, 0.15) is 42.3 Å². The smallest absolute Gasteiger partial charge is 0.407 e. The molecule has 0 saturated heterocycles. The van der Waals surface area contributed by atoms with Gasteiger partial charge >= 0.3 is 11.7 Å². The summed E-state index contributed by atoms with van der Waals surface area (Å²) >= 11 is 0. The van der Waals surface area contributed by atoms with Crippen molar-refractivity contribution in [1.82, 2.24) is 5.32 Å². The fourth-order valence-electron chi connectivity index (χ4n) is 3.30. The van der Waals surface area contributed by atoms with E-state index in [9.17, 15) is 14.4 Å². The van der Waals surface area contributed by atoms with Gasteiger partial charge in [-0.05, 0) is 63.1 Å². The molecule has 178 valence electrons. The van der Waals surface area contributed by atoms with E-state index in [1.807, 2.05) is 0 Å². The molecule has 34 heavy (non-hydrogen) atoms. The van der Waals surface area contributed by atoms with E-state index in [4.69, 9.17) is 13.9 Å². The lowest BCUT2D eigenvalue weighted by Crippen LogP contribution is -2.32. The summed E-state index contributed by atoms with van der Waals surface area (Å²) in [5.41, 5.74) is 0.926. The molecule has 2 N–H and O–H groups in total. The summed E-state index contributed by atoms with van der Waals surface area (Å²) in [5, 5.41) is 5.97. The number of rotatable bonds is 7. The van der Waals surface area contributed by atoms with Gasteiger partial charge < -0.3 is 24.5 Å². The predicted molar refractivity (Wildman–Crippen MR) is 130 cm³/mol. The topological polar surface area (TPSA) is 107 Å². The molecule has 0 atom stereocenters. The van der Waals surface area contributed by atoms with Crippen molar-refractivity contribution in [3.8, 4) is 5.75 Å². The molecule has 0 aliphatic carbocycles. The minimum atomic E-state index is -0.748. The van der Waals surface area contributed by atoms with E-state index >= 15 is 0 Å². The third-order valence-corrected chi connectivity index (χ3v) is 4.82. The van der Waals surface area contributed by atoms with Gasteiger partial charge in [-0.3, -0.25) is 4.79 Å². The van der Waals surface area contributed by atoms with Crippen molar-refractivity contribution in [2.45, 2.75) is 39.3 Å². The van der Waals surface area contributed by atoms with Crippen molar-refractivity contribution in [1.29, 1.82) is 0 Å². The highest BCUT2D eigenvalue weighted by molar-refractivity contribution is 6.05. The summed E-state index contributed by atoms with van der Waals surface area (Å²) in [4.78, 5) is 37.1. The minimum Gasteiger partial charge on any atom is -0.496 e. The molecule has 0 bridgehead atoms. The van der Waals surface area contributed by atoms with Crippen LogP contribution in [-0.2, 0) is 17.7 Å². The third-order valence-electron chi connectivity index (χ3n) is 4.82. The van der Waals surface area contributed by atoms with Crippen molar-refractivity contribution >= 4 is 28.7 Å². The SMILES string of the molecule is C=CCc1c(OC)ccc2cc(C(=O)Nc3ccc(CNC(=O)OC(C)(C)C)cc3)c(=O)oc12. The van der Waals surface area contributed by atoms with Crippen LogP contribution in [0, 0.1) is 0 Å². The van der Waals surface area contributed by atoms with E-state index in [0.29, 0.717) is 34.4 Å². The van der Waals surface area contributed by atoms with Crippen LogP contribution in [0.5, 0.6) is 5.75 Å². The van der Waals surface area contributed by atoms with Crippen molar-refractivity contribution in [3.63, 3.8) is 0 Å². The van der Waals surface area contributed by atoms with E-state index in [1.54, 1.807) is 63.2 Å². The molecule has 3 aromatic rings. The number of hydrogen-bond acceptors (Lipinski definition) is 6. The molecule has 8 heteroatoms. The normalized spacial score (nSPS) is 11.1. The van der Waals surface area contributed by atoms with Gasteiger partial charge in [0.1, 0.15) is 22.5 Å². The molecule has 2 amide bonds. The first kappa shape index (κ1) is 24.6. The van der Waals surface area contributed by atoms with Crippen molar-refractivity contribution in [2.24, 2.45) is 0 Å². The molecule has 0 aliphatic rings. The van der Waals surface area contributed by atoms with Crippen LogP contribution < -0.4 is 21.0 Å². The number of amides is 2. The first-order valence-electron chi connectivity index (χ1n) is 10.7. The fraction of sp³-hybridized carbons (Fsp3) is 0.269. The Morgan fingerprint density at radius 2 is 1.82 bits per heavy atom. The Morgan fingerprint density at radius 1 is 1.12 bits per heavy atom. The minimum absolute atomic E-state index is 0.113. The Balaban J connectivity index is 1.73. The van der Waals surface area contributed by atoms with Crippen LogP contribution in [-0.4, -0.2) is 24.7 Å². The number of allylic oxidation sites excluding steroid dienone is 1. The van der Waals surface area contributed by atoms with Crippen LogP contribution >= 0.6 is 0 Å². The number of carbonyl (C=O) groups excluding carboxylic acids is 2. The number of carbonyl (C=O) groups is 2. The fourth-order valence-corrected chi connectivity index (χ4v) is 3.30. The molecule has 0 radical (unpaired) electrons. The van der Waals surface area contributed by atoms with Crippen LogP contribution in [0.25, 0.3) is 11.0 Å². The van der Waals surface area contributed by atoms with Crippen LogP contribution in [0.4, 0.5) is 10.5 Å². The summed E-state index contributed by atoms with van der Waals surface area (Å²) in [6.07, 6.45) is 1.62. The predicted octanol–water partition coefficient (Wildman–Crippen LogP) is 4.81. The highest BCUT2D eigenvalue weighted by atomic mass is 16.6. The Morgan fingerprint density at radius 3 is 2.44 bits per heavy atom. The van der Waals surface area contributed by atoms with Crippen LogP contribution in [0.3, 0.4) is 0 Å². The maximum atomic E-state index is 12.8. The molecule has 1 aromatic heterocycles. The van der Waals surface area contributed by atoms with Gasteiger partial charge in [0.05, 0.1) is 7.11 Å². The maximum Gasteiger partial charge on any atom is 0.407 e. The highest BCUT2D eigenvalue weighted by Gasteiger charge is 2.18. The van der Waals surface area contributed by atoms with Gasteiger partial charge in [0.15, 0.2) is 0 Å². The Kier molecular flexibility index (Phi) is 7.40. The van der Waals surface area contributed by atoms with Crippen LogP contribution in [0.15, 0.2) is 64.3 Å². The summed E-state index contributed by atoms with van der Waals surface area (Å²) < 4.78 is 16.0. The first-order valence-corrected chi connectivity index (χ1v) is 10.7. The van der Waals surface area contributed by atoms with Crippen molar-refractivity contribution in [3.05, 3.63) is 82.2 Å². The molecule has 0 fully saturated rings. The van der Waals surface area contributed by atoms with E-state index in [1.165, 1.54) is 13.2 Å². The molecule has 0 aliphatic heterocycles. The molecule has 0 unspecified atom stereocenters. The van der Waals surface area contributed by atoms with Gasteiger partial charge in [0, 0.05) is 23.2 Å². The third kappa shape index (κ3) is 6.04. The Hall–Kier alpha value is -4.07. The molecule has 0 spiro atoms. The van der Waals surface area contributed by atoms with Gasteiger partial charge in [-0.25, -0.2) is 9.59 Å². The van der Waals surface area contributed by atoms with Gasteiger partial charge in [0.2, 0.25) is 0 Å². The lowest BCUT2D eigenvalue weighted by Gasteiger charge is -2.19. The zero-order chi connectivity index (χ0) is 24.9. The van der Waals surface area contributed by atoms with Gasteiger partial charge in [-0.2, -0.15) is 0 Å². The van der Waals surface area contributed by atoms with Gasteiger partial charge in [-0.1, -0.05) is 18.2 Å². The monoisotopic (exact) mass is 464 g/mol. The number of anilines is 1. The first-order chi connectivity index (χ1) is 16.1. The summed E-state index contributed by atoms with van der Waals surface area (Å²) in [7, 11) is 1.53. The molecular formula is C26H28N2O6. The summed E-state index contributed by atoms with van der Waals surface area (Å²) in [5.74, 6) is -0.00892. The zero-order valence-corrected chi connectivity index (χ0v) is 19.7. The molecule has 1 heterocycles. The van der Waals surface area contributed by atoms with Gasteiger partial charge in [0.25, 0.3) is 5.91 Å².